The minimum absolute atomic E-state index is 0.0841. The Labute approximate surface area is 256 Å². The molecule has 0 aliphatic heterocycles. The molecule has 0 aromatic carbocycles. The van der Waals surface area contributed by atoms with Crippen molar-refractivity contribution in [2.45, 2.75) is 155 Å². The third kappa shape index (κ3) is 30.2. The zero-order chi connectivity index (χ0) is 31.2. The SMILES string of the molecule is CCCC/C=C\CCCCCCCC(=O)OCC(O)COP(=O)(O)OCCNC(=O)CCCCCCCCCCCC. The number of phosphoric ester groups is 1. The van der Waals surface area contributed by atoms with E-state index in [2.05, 4.69) is 31.3 Å². The van der Waals surface area contributed by atoms with Gasteiger partial charge in [0, 0.05) is 19.4 Å². The van der Waals surface area contributed by atoms with Gasteiger partial charge in [0.15, 0.2) is 0 Å². The van der Waals surface area contributed by atoms with Crippen molar-refractivity contribution in [3.8, 4) is 0 Å². The third-order valence-corrected chi connectivity index (χ3v) is 7.93. The highest BCUT2D eigenvalue weighted by molar-refractivity contribution is 7.47. The Morgan fingerprint density at radius 3 is 1.86 bits per heavy atom. The summed E-state index contributed by atoms with van der Waals surface area (Å²) in [6.45, 7) is 3.47. The summed E-state index contributed by atoms with van der Waals surface area (Å²) in [7, 11) is -4.40. The number of hydrogen-bond donors (Lipinski definition) is 3. The van der Waals surface area contributed by atoms with Gasteiger partial charge in [0.25, 0.3) is 0 Å². The largest absolute Gasteiger partial charge is 0.472 e. The molecule has 2 atom stereocenters. The van der Waals surface area contributed by atoms with E-state index in [-0.39, 0.29) is 32.1 Å². The molecule has 0 heterocycles. The predicted molar refractivity (Wildman–Crippen MR) is 169 cm³/mol. The summed E-state index contributed by atoms with van der Waals surface area (Å²) in [6.07, 6.45) is 25.7. The highest BCUT2D eigenvalue weighted by atomic mass is 31.2. The normalized spacial score (nSPS) is 13.7. The van der Waals surface area contributed by atoms with Gasteiger partial charge < -0.3 is 20.1 Å². The highest BCUT2D eigenvalue weighted by Crippen LogP contribution is 2.42. The molecule has 0 bridgehead atoms. The first-order valence-electron chi connectivity index (χ1n) is 16.7. The Balaban J connectivity index is 3.66. The Bertz CT molecular complexity index is 719. The highest BCUT2D eigenvalue weighted by Gasteiger charge is 2.23. The van der Waals surface area contributed by atoms with E-state index in [1.54, 1.807) is 0 Å². The van der Waals surface area contributed by atoms with Crippen molar-refractivity contribution in [3.63, 3.8) is 0 Å². The number of hydrogen-bond acceptors (Lipinski definition) is 7. The van der Waals surface area contributed by atoms with Crippen LogP contribution in [-0.2, 0) is 27.9 Å². The number of rotatable bonds is 31. The summed E-state index contributed by atoms with van der Waals surface area (Å²) in [4.78, 5) is 33.5. The van der Waals surface area contributed by atoms with Crippen LogP contribution < -0.4 is 5.32 Å². The monoisotopic (exact) mass is 619 g/mol. The van der Waals surface area contributed by atoms with E-state index in [0.717, 1.165) is 64.2 Å². The van der Waals surface area contributed by atoms with Crippen LogP contribution in [0.4, 0.5) is 0 Å². The molecule has 0 radical (unpaired) electrons. The van der Waals surface area contributed by atoms with Gasteiger partial charge in [-0.05, 0) is 32.1 Å². The lowest BCUT2D eigenvalue weighted by atomic mass is 10.1. The van der Waals surface area contributed by atoms with Crippen molar-refractivity contribution in [2.24, 2.45) is 0 Å². The number of ether oxygens (including phenoxy) is 1. The average Bonchev–Trinajstić information content (AvgIpc) is 2.97. The molecule has 0 rings (SSSR count). The first kappa shape index (κ1) is 40.8. The van der Waals surface area contributed by atoms with Crippen LogP contribution in [0.5, 0.6) is 0 Å². The summed E-state index contributed by atoms with van der Waals surface area (Å²) in [5.41, 5.74) is 0. The van der Waals surface area contributed by atoms with Crippen molar-refractivity contribution < 1.29 is 37.9 Å². The number of phosphoric acid groups is 1. The standard InChI is InChI=1S/C32H62NO8P/c1-3-5-7-9-11-13-15-17-19-21-23-25-32(36)39-28-30(34)29-41-42(37,38)40-27-26-33-31(35)24-22-20-18-16-14-12-10-8-6-4-2/h9,11,30,34H,3-8,10,12-29H2,1-2H3,(H,33,35)(H,37,38)/b11-9-. The smallest absolute Gasteiger partial charge is 0.463 e. The number of esters is 1. The second kappa shape index (κ2) is 29.8. The molecule has 0 spiro atoms. The second-order valence-electron chi connectivity index (χ2n) is 11.1. The van der Waals surface area contributed by atoms with E-state index in [0.29, 0.717) is 6.42 Å². The maximum atomic E-state index is 12.0. The van der Waals surface area contributed by atoms with Crippen LogP contribution in [0.15, 0.2) is 12.2 Å². The molecule has 9 nitrogen and oxygen atoms in total. The number of aliphatic hydroxyl groups excluding tert-OH is 1. The first-order chi connectivity index (χ1) is 20.3. The van der Waals surface area contributed by atoms with Gasteiger partial charge in [-0.2, -0.15) is 0 Å². The van der Waals surface area contributed by atoms with E-state index in [1.807, 2.05) is 0 Å². The fourth-order valence-electron chi connectivity index (χ4n) is 4.36. The van der Waals surface area contributed by atoms with E-state index >= 15 is 0 Å². The van der Waals surface area contributed by atoms with Gasteiger partial charge in [-0.25, -0.2) is 4.57 Å². The summed E-state index contributed by atoms with van der Waals surface area (Å²) >= 11 is 0. The molecular formula is C32H62NO8P. The Kier molecular flexibility index (Phi) is 28.9. The van der Waals surface area contributed by atoms with Crippen molar-refractivity contribution in [3.05, 3.63) is 12.2 Å². The fraction of sp³-hybridized carbons (Fsp3) is 0.875. The Morgan fingerprint density at radius 2 is 1.24 bits per heavy atom. The molecule has 0 aliphatic rings. The lowest BCUT2D eigenvalue weighted by molar-refractivity contribution is -0.147. The quantitative estimate of drug-likeness (QED) is 0.0309. The van der Waals surface area contributed by atoms with Crippen molar-refractivity contribution in [1.82, 2.24) is 5.32 Å². The van der Waals surface area contributed by atoms with Gasteiger partial charge >= 0.3 is 13.8 Å². The molecule has 0 aliphatic carbocycles. The number of unbranched alkanes of at least 4 members (excludes halogenated alkanes) is 16. The van der Waals surface area contributed by atoms with E-state index in [4.69, 9.17) is 13.8 Å². The zero-order valence-electron chi connectivity index (χ0n) is 26.7. The van der Waals surface area contributed by atoms with Crippen molar-refractivity contribution in [2.75, 3.05) is 26.4 Å². The fourth-order valence-corrected chi connectivity index (χ4v) is 5.12. The number of carbonyl (C=O) groups excluding carboxylic acids is 2. The van der Waals surface area contributed by atoms with Gasteiger partial charge in [-0.15, -0.1) is 0 Å². The lowest BCUT2D eigenvalue weighted by Gasteiger charge is -2.15. The Hall–Kier alpha value is -1.25. The van der Waals surface area contributed by atoms with Gasteiger partial charge in [-0.3, -0.25) is 18.6 Å². The first-order valence-corrected chi connectivity index (χ1v) is 18.2. The minimum Gasteiger partial charge on any atom is -0.463 e. The molecular weight excluding hydrogens is 557 g/mol. The summed E-state index contributed by atoms with van der Waals surface area (Å²) < 4.78 is 26.6. The van der Waals surface area contributed by atoms with Gasteiger partial charge in [-0.1, -0.05) is 116 Å². The van der Waals surface area contributed by atoms with Crippen LogP contribution in [0.3, 0.4) is 0 Å². The van der Waals surface area contributed by atoms with Crippen LogP contribution in [0, 0.1) is 0 Å². The van der Waals surface area contributed by atoms with Gasteiger partial charge in [0.2, 0.25) is 5.91 Å². The van der Waals surface area contributed by atoms with E-state index in [9.17, 15) is 24.2 Å². The van der Waals surface area contributed by atoms with Crippen LogP contribution >= 0.6 is 7.82 Å². The average molecular weight is 620 g/mol. The van der Waals surface area contributed by atoms with E-state index in [1.165, 1.54) is 57.8 Å². The predicted octanol–water partition coefficient (Wildman–Crippen LogP) is 7.93. The molecule has 0 aromatic heterocycles. The summed E-state index contributed by atoms with van der Waals surface area (Å²) in [6, 6.07) is 0. The molecule has 3 N–H and O–H groups in total. The third-order valence-electron chi connectivity index (χ3n) is 6.95. The Morgan fingerprint density at radius 1 is 0.714 bits per heavy atom. The number of carbonyl (C=O) groups is 2. The molecule has 0 saturated carbocycles. The van der Waals surface area contributed by atoms with Crippen molar-refractivity contribution in [1.29, 1.82) is 0 Å². The zero-order valence-corrected chi connectivity index (χ0v) is 27.6. The van der Waals surface area contributed by atoms with Crippen molar-refractivity contribution >= 4 is 19.7 Å². The number of nitrogens with one attached hydrogen (secondary N) is 1. The summed E-state index contributed by atoms with van der Waals surface area (Å²) in [5, 5.41) is 12.6. The number of aliphatic hydroxyl groups is 1. The topological polar surface area (TPSA) is 131 Å². The molecule has 0 saturated heterocycles. The molecule has 248 valence electrons. The molecule has 1 amide bonds. The van der Waals surface area contributed by atoms with Crippen LogP contribution in [-0.4, -0.2) is 54.3 Å². The molecule has 42 heavy (non-hydrogen) atoms. The molecule has 2 unspecified atom stereocenters. The van der Waals surface area contributed by atoms with Crippen LogP contribution in [0.1, 0.15) is 149 Å². The number of allylic oxidation sites excluding steroid dienone is 2. The summed E-state index contributed by atoms with van der Waals surface area (Å²) in [5.74, 6) is -0.528. The van der Waals surface area contributed by atoms with Gasteiger partial charge in [0.05, 0.1) is 13.2 Å². The number of amides is 1. The van der Waals surface area contributed by atoms with E-state index < -0.39 is 26.5 Å². The molecule has 0 aromatic rings. The lowest BCUT2D eigenvalue weighted by Crippen LogP contribution is -2.27. The van der Waals surface area contributed by atoms with Crippen LogP contribution in [0.25, 0.3) is 0 Å². The molecule has 10 heteroatoms. The maximum Gasteiger partial charge on any atom is 0.472 e. The van der Waals surface area contributed by atoms with Gasteiger partial charge in [0.1, 0.15) is 12.7 Å². The maximum absolute atomic E-state index is 12.0. The minimum atomic E-state index is -4.40. The van der Waals surface area contributed by atoms with Crippen LogP contribution in [0.2, 0.25) is 0 Å². The molecule has 0 fully saturated rings. The second-order valence-corrected chi connectivity index (χ2v) is 12.6.